The van der Waals surface area contributed by atoms with Crippen molar-refractivity contribution in [3.05, 3.63) is 65.0 Å². The molecule has 1 aliphatic rings. The van der Waals surface area contributed by atoms with Crippen LogP contribution >= 0.6 is 0 Å². The van der Waals surface area contributed by atoms with Crippen molar-refractivity contribution >= 4 is 5.91 Å². The number of benzene rings is 2. The van der Waals surface area contributed by atoms with E-state index in [0.29, 0.717) is 19.7 Å². The Morgan fingerprint density at radius 2 is 2.04 bits per heavy atom. The van der Waals surface area contributed by atoms with Crippen LogP contribution in [0.2, 0.25) is 0 Å². The fourth-order valence-corrected chi connectivity index (χ4v) is 3.28. The van der Waals surface area contributed by atoms with Crippen LogP contribution in [0, 0.1) is 25.6 Å². The first kappa shape index (κ1) is 17.5. The average molecular weight is 341 g/mol. The maximum absolute atomic E-state index is 14.1. The van der Waals surface area contributed by atoms with Gasteiger partial charge >= 0.3 is 0 Å². The molecule has 1 saturated heterocycles. The Morgan fingerprint density at radius 3 is 2.80 bits per heavy atom. The first-order chi connectivity index (χ1) is 12.0. The highest BCUT2D eigenvalue weighted by Gasteiger charge is 2.26. The highest BCUT2D eigenvalue weighted by atomic mass is 19.1. The second-order valence-electron chi connectivity index (χ2n) is 6.82. The number of hydrogen-bond acceptors (Lipinski definition) is 2. The van der Waals surface area contributed by atoms with Crippen LogP contribution in [0.1, 0.15) is 34.3 Å². The first-order valence-electron chi connectivity index (χ1n) is 8.78. The molecule has 4 heteroatoms. The molecule has 2 aromatic rings. The van der Waals surface area contributed by atoms with Crippen molar-refractivity contribution in [1.29, 1.82) is 0 Å². The van der Waals surface area contributed by atoms with Gasteiger partial charge in [0.1, 0.15) is 11.6 Å². The molecule has 1 fully saturated rings. The van der Waals surface area contributed by atoms with Crippen LogP contribution in [-0.4, -0.2) is 30.5 Å². The topological polar surface area (TPSA) is 29.5 Å². The van der Waals surface area contributed by atoms with Crippen molar-refractivity contribution < 1.29 is 13.9 Å². The molecule has 1 aliphatic heterocycles. The van der Waals surface area contributed by atoms with Gasteiger partial charge in [-0.2, -0.15) is 0 Å². The largest absolute Gasteiger partial charge is 0.493 e. The zero-order chi connectivity index (χ0) is 17.8. The fraction of sp³-hybridized carbons (Fsp3) is 0.381. The number of ether oxygens (including phenoxy) is 1. The molecule has 2 aromatic carbocycles. The Balaban J connectivity index is 1.62. The minimum atomic E-state index is -0.441. The number of rotatable bonds is 4. The molecule has 0 N–H and O–H groups in total. The zero-order valence-corrected chi connectivity index (χ0v) is 14.8. The lowest BCUT2D eigenvalue weighted by molar-refractivity contribution is 0.0628. The molecule has 1 amide bonds. The fourth-order valence-electron chi connectivity index (χ4n) is 3.28. The molecule has 3 nitrogen and oxygen atoms in total. The van der Waals surface area contributed by atoms with Gasteiger partial charge in [0, 0.05) is 19.0 Å². The van der Waals surface area contributed by atoms with Gasteiger partial charge in [-0.15, -0.1) is 0 Å². The Bertz CT molecular complexity index is 759. The van der Waals surface area contributed by atoms with Crippen molar-refractivity contribution in [3.8, 4) is 5.75 Å². The van der Waals surface area contributed by atoms with Gasteiger partial charge in [-0.05, 0) is 56.0 Å². The third-order valence-electron chi connectivity index (χ3n) is 4.73. The minimum absolute atomic E-state index is 0.158. The normalized spacial score (nSPS) is 17.4. The van der Waals surface area contributed by atoms with Crippen LogP contribution < -0.4 is 4.74 Å². The molecule has 0 spiro atoms. The maximum Gasteiger partial charge on any atom is 0.256 e. The molecule has 1 atom stereocenters. The minimum Gasteiger partial charge on any atom is -0.493 e. The standard InChI is InChI=1S/C21H24FNO2/c1-15-9-10-18(19(22)12-15)21(24)23-11-5-7-17(13-23)14-25-20-8-4-3-6-16(20)2/h3-4,6,8-10,12,17H,5,7,11,13-14H2,1-2H3/t17-/m0/s1. The number of aryl methyl sites for hydroxylation is 2. The van der Waals surface area contributed by atoms with Crippen LogP contribution in [0.4, 0.5) is 4.39 Å². The number of hydrogen-bond donors (Lipinski definition) is 0. The van der Waals surface area contributed by atoms with E-state index in [1.165, 1.54) is 6.07 Å². The molecule has 132 valence electrons. The lowest BCUT2D eigenvalue weighted by atomic mass is 9.98. The van der Waals surface area contributed by atoms with E-state index in [4.69, 9.17) is 4.74 Å². The molecule has 0 bridgehead atoms. The van der Waals surface area contributed by atoms with Gasteiger partial charge in [-0.1, -0.05) is 24.3 Å². The van der Waals surface area contributed by atoms with Gasteiger partial charge in [0.2, 0.25) is 0 Å². The molecule has 0 aromatic heterocycles. The SMILES string of the molecule is Cc1ccc(C(=O)N2CCC[C@H](COc3ccccc3C)C2)c(F)c1. The Kier molecular flexibility index (Phi) is 5.37. The molecule has 0 radical (unpaired) electrons. The predicted molar refractivity (Wildman–Crippen MR) is 96.4 cm³/mol. The summed E-state index contributed by atoms with van der Waals surface area (Å²) in [4.78, 5) is 14.4. The summed E-state index contributed by atoms with van der Waals surface area (Å²) >= 11 is 0. The number of likely N-dealkylation sites (tertiary alicyclic amines) is 1. The number of carbonyl (C=O) groups excluding carboxylic acids is 1. The Hall–Kier alpha value is -2.36. The zero-order valence-electron chi connectivity index (χ0n) is 14.8. The average Bonchev–Trinajstić information content (AvgIpc) is 2.61. The van der Waals surface area contributed by atoms with Crippen LogP contribution in [0.3, 0.4) is 0 Å². The quantitative estimate of drug-likeness (QED) is 0.826. The van der Waals surface area contributed by atoms with Crippen molar-refractivity contribution in [3.63, 3.8) is 0 Å². The van der Waals surface area contributed by atoms with E-state index in [9.17, 15) is 9.18 Å². The molecular formula is C21H24FNO2. The highest BCUT2D eigenvalue weighted by molar-refractivity contribution is 5.94. The number of para-hydroxylation sites is 1. The first-order valence-corrected chi connectivity index (χ1v) is 8.78. The monoisotopic (exact) mass is 341 g/mol. The Morgan fingerprint density at radius 1 is 1.24 bits per heavy atom. The lowest BCUT2D eigenvalue weighted by Crippen LogP contribution is -2.41. The molecular weight excluding hydrogens is 317 g/mol. The molecule has 1 heterocycles. The van der Waals surface area contributed by atoms with E-state index in [0.717, 1.165) is 29.7 Å². The molecule has 3 rings (SSSR count). The summed E-state index contributed by atoms with van der Waals surface area (Å²) in [5.74, 6) is 0.489. The molecule has 25 heavy (non-hydrogen) atoms. The summed E-state index contributed by atoms with van der Waals surface area (Å²) in [7, 11) is 0. The van der Waals surface area contributed by atoms with Crippen LogP contribution in [-0.2, 0) is 0 Å². The van der Waals surface area contributed by atoms with Gasteiger partial charge < -0.3 is 9.64 Å². The molecule has 0 unspecified atom stereocenters. The number of amides is 1. The van der Waals surface area contributed by atoms with Crippen molar-refractivity contribution in [2.24, 2.45) is 5.92 Å². The third kappa shape index (κ3) is 4.19. The summed E-state index contributed by atoms with van der Waals surface area (Å²) in [5.41, 5.74) is 2.08. The molecule has 0 aliphatic carbocycles. The van der Waals surface area contributed by atoms with Gasteiger partial charge in [-0.3, -0.25) is 4.79 Å². The molecule has 0 saturated carbocycles. The van der Waals surface area contributed by atoms with Crippen molar-refractivity contribution in [2.75, 3.05) is 19.7 Å². The number of carbonyl (C=O) groups is 1. The van der Waals surface area contributed by atoms with Crippen molar-refractivity contribution in [2.45, 2.75) is 26.7 Å². The summed E-state index contributed by atoms with van der Waals surface area (Å²) in [6.45, 7) is 5.69. The number of piperidine rings is 1. The van der Waals surface area contributed by atoms with E-state index in [-0.39, 0.29) is 17.4 Å². The third-order valence-corrected chi connectivity index (χ3v) is 4.73. The van der Waals surface area contributed by atoms with E-state index in [1.807, 2.05) is 38.1 Å². The van der Waals surface area contributed by atoms with E-state index in [2.05, 4.69) is 0 Å². The van der Waals surface area contributed by atoms with E-state index >= 15 is 0 Å². The number of nitrogens with zero attached hydrogens (tertiary/aromatic N) is 1. The number of halogens is 1. The Labute approximate surface area is 148 Å². The summed E-state index contributed by atoms with van der Waals surface area (Å²) in [6.07, 6.45) is 1.94. The predicted octanol–water partition coefficient (Wildman–Crippen LogP) is 4.37. The summed E-state index contributed by atoms with van der Waals surface area (Å²) in [5, 5.41) is 0. The van der Waals surface area contributed by atoms with E-state index in [1.54, 1.807) is 17.0 Å². The lowest BCUT2D eigenvalue weighted by Gasteiger charge is -2.33. The smallest absolute Gasteiger partial charge is 0.256 e. The van der Waals surface area contributed by atoms with Crippen LogP contribution in [0.15, 0.2) is 42.5 Å². The van der Waals surface area contributed by atoms with Crippen LogP contribution in [0.25, 0.3) is 0 Å². The van der Waals surface area contributed by atoms with Crippen molar-refractivity contribution in [1.82, 2.24) is 4.90 Å². The van der Waals surface area contributed by atoms with Gasteiger partial charge in [0.15, 0.2) is 0 Å². The van der Waals surface area contributed by atoms with Gasteiger partial charge in [0.25, 0.3) is 5.91 Å². The summed E-state index contributed by atoms with van der Waals surface area (Å²) < 4.78 is 20.0. The van der Waals surface area contributed by atoms with Gasteiger partial charge in [0.05, 0.1) is 12.2 Å². The van der Waals surface area contributed by atoms with Crippen LogP contribution in [0.5, 0.6) is 5.75 Å². The second-order valence-corrected chi connectivity index (χ2v) is 6.82. The highest BCUT2D eigenvalue weighted by Crippen LogP contribution is 2.23. The maximum atomic E-state index is 14.1. The summed E-state index contributed by atoms with van der Waals surface area (Å²) in [6, 6.07) is 12.7. The van der Waals surface area contributed by atoms with E-state index < -0.39 is 5.82 Å². The van der Waals surface area contributed by atoms with Gasteiger partial charge in [-0.25, -0.2) is 4.39 Å². The second kappa shape index (κ2) is 7.68.